The Kier molecular flexibility index (Phi) is 4.34. The van der Waals surface area contributed by atoms with Crippen LogP contribution in [-0.2, 0) is 0 Å². The maximum absolute atomic E-state index is 11.9. The van der Waals surface area contributed by atoms with Gasteiger partial charge in [0.15, 0.2) is 11.2 Å². The molecule has 19 heavy (non-hydrogen) atoms. The molecule has 0 saturated carbocycles. The van der Waals surface area contributed by atoms with Crippen molar-refractivity contribution < 1.29 is 9.21 Å². The van der Waals surface area contributed by atoms with Gasteiger partial charge >= 0.3 is 0 Å². The van der Waals surface area contributed by atoms with E-state index in [2.05, 4.69) is 12.2 Å². The molecule has 0 radical (unpaired) electrons. The fraction of sp³-hybridized carbons (Fsp3) is 0.333. The van der Waals surface area contributed by atoms with Gasteiger partial charge in [-0.1, -0.05) is 31.9 Å². The van der Waals surface area contributed by atoms with Crippen LogP contribution in [0.5, 0.6) is 0 Å². The summed E-state index contributed by atoms with van der Waals surface area (Å²) in [5.74, 6) is -0.265. The smallest absolute Gasteiger partial charge is 0.287 e. The van der Waals surface area contributed by atoms with E-state index in [1.165, 1.54) is 6.07 Å². The maximum Gasteiger partial charge on any atom is 0.287 e. The Morgan fingerprint density at radius 2 is 2.05 bits per heavy atom. The summed E-state index contributed by atoms with van der Waals surface area (Å²) in [4.78, 5) is 23.7. The van der Waals surface area contributed by atoms with Crippen LogP contribution in [0.3, 0.4) is 0 Å². The summed E-state index contributed by atoms with van der Waals surface area (Å²) in [6.45, 7) is 2.70. The monoisotopic (exact) mass is 259 g/mol. The molecule has 0 bridgehead atoms. The summed E-state index contributed by atoms with van der Waals surface area (Å²) in [6.07, 6.45) is 3.10. The molecule has 1 N–H and O–H groups in total. The Hall–Kier alpha value is -2.10. The third-order valence-corrected chi connectivity index (χ3v) is 2.92. The molecular formula is C15H17NO3. The second-order valence-corrected chi connectivity index (χ2v) is 4.43. The number of para-hydroxylation sites is 1. The average Bonchev–Trinajstić information content (AvgIpc) is 2.43. The average molecular weight is 259 g/mol. The van der Waals surface area contributed by atoms with Gasteiger partial charge in [-0.25, -0.2) is 0 Å². The van der Waals surface area contributed by atoms with Gasteiger partial charge in [-0.05, 0) is 18.6 Å². The predicted molar refractivity (Wildman–Crippen MR) is 74.3 cm³/mol. The summed E-state index contributed by atoms with van der Waals surface area (Å²) in [7, 11) is 0. The van der Waals surface area contributed by atoms with Crippen LogP contribution >= 0.6 is 0 Å². The van der Waals surface area contributed by atoms with Crippen LogP contribution in [0.15, 0.2) is 39.5 Å². The van der Waals surface area contributed by atoms with Gasteiger partial charge in [0.1, 0.15) is 5.58 Å². The number of rotatable bonds is 5. The summed E-state index contributed by atoms with van der Waals surface area (Å²) in [6, 6.07) is 8.16. The lowest BCUT2D eigenvalue weighted by Crippen LogP contribution is -2.25. The standard InChI is InChI=1S/C15H17NO3/c1-2-3-6-9-16-15(18)14-10-12(17)11-7-4-5-8-13(11)19-14/h4-5,7-8,10H,2-3,6,9H2,1H3,(H,16,18). The van der Waals surface area contributed by atoms with Crippen LogP contribution in [0.4, 0.5) is 0 Å². The minimum absolute atomic E-state index is 0.0696. The first-order valence-corrected chi connectivity index (χ1v) is 6.53. The highest BCUT2D eigenvalue weighted by atomic mass is 16.3. The molecule has 2 rings (SSSR count). The minimum Gasteiger partial charge on any atom is -0.451 e. The summed E-state index contributed by atoms with van der Waals surface area (Å²) in [5, 5.41) is 3.24. The molecule has 1 amide bonds. The van der Waals surface area contributed by atoms with Crippen LogP contribution in [0.25, 0.3) is 11.0 Å². The molecule has 100 valence electrons. The van der Waals surface area contributed by atoms with Gasteiger partial charge in [-0.2, -0.15) is 0 Å². The number of carbonyl (C=O) groups excluding carboxylic acids is 1. The highest BCUT2D eigenvalue weighted by molar-refractivity contribution is 5.93. The van der Waals surface area contributed by atoms with Crippen molar-refractivity contribution in [1.82, 2.24) is 5.32 Å². The second-order valence-electron chi connectivity index (χ2n) is 4.43. The van der Waals surface area contributed by atoms with E-state index in [-0.39, 0.29) is 17.1 Å². The molecule has 4 heteroatoms. The van der Waals surface area contributed by atoms with Gasteiger partial charge in [0.25, 0.3) is 5.91 Å². The molecule has 0 saturated heterocycles. The lowest BCUT2D eigenvalue weighted by molar-refractivity contribution is 0.0926. The Balaban J connectivity index is 2.16. The number of hydrogen-bond acceptors (Lipinski definition) is 3. The lowest BCUT2D eigenvalue weighted by Gasteiger charge is -2.04. The molecular weight excluding hydrogens is 242 g/mol. The summed E-state index contributed by atoms with van der Waals surface area (Å²) < 4.78 is 5.45. The molecule has 1 aromatic heterocycles. The van der Waals surface area contributed by atoms with E-state index in [4.69, 9.17) is 4.42 Å². The van der Waals surface area contributed by atoms with E-state index in [0.29, 0.717) is 17.5 Å². The van der Waals surface area contributed by atoms with Gasteiger partial charge in [0, 0.05) is 12.6 Å². The number of unbranched alkanes of at least 4 members (excludes halogenated alkanes) is 2. The molecule has 0 aliphatic heterocycles. The molecule has 1 heterocycles. The molecule has 0 spiro atoms. The normalized spacial score (nSPS) is 10.6. The number of hydrogen-bond donors (Lipinski definition) is 1. The van der Waals surface area contributed by atoms with Gasteiger partial charge in [0.05, 0.1) is 5.39 Å². The minimum atomic E-state index is -0.334. The zero-order chi connectivity index (χ0) is 13.7. The predicted octanol–water partition coefficient (Wildman–Crippen LogP) is 2.71. The Bertz CT molecular complexity index is 631. The van der Waals surface area contributed by atoms with Crippen molar-refractivity contribution in [2.24, 2.45) is 0 Å². The van der Waals surface area contributed by atoms with Crippen molar-refractivity contribution >= 4 is 16.9 Å². The molecule has 1 aromatic carbocycles. The molecule has 0 aliphatic carbocycles. The Morgan fingerprint density at radius 1 is 1.26 bits per heavy atom. The Labute approximate surface area is 111 Å². The molecule has 4 nitrogen and oxygen atoms in total. The van der Waals surface area contributed by atoms with Crippen molar-refractivity contribution in [3.63, 3.8) is 0 Å². The molecule has 0 fully saturated rings. The van der Waals surface area contributed by atoms with Crippen LogP contribution < -0.4 is 10.7 Å². The lowest BCUT2D eigenvalue weighted by atomic mass is 10.2. The number of nitrogens with one attached hydrogen (secondary N) is 1. The fourth-order valence-electron chi connectivity index (χ4n) is 1.88. The number of fused-ring (bicyclic) bond motifs is 1. The zero-order valence-corrected chi connectivity index (χ0v) is 10.9. The van der Waals surface area contributed by atoms with Gasteiger partial charge in [-0.15, -0.1) is 0 Å². The second kappa shape index (κ2) is 6.18. The van der Waals surface area contributed by atoms with Crippen molar-refractivity contribution in [2.45, 2.75) is 26.2 Å². The van der Waals surface area contributed by atoms with E-state index in [1.54, 1.807) is 24.3 Å². The van der Waals surface area contributed by atoms with E-state index < -0.39 is 0 Å². The molecule has 0 atom stereocenters. The first kappa shape index (κ1) is 13.3. The van der Waals surface area contributed by atoms with Gasteiger partial charge < -0.3 is 9.73 Å². The van der Waals surface area contributed by atoms with Crippen LogP contribution in [0.2, 0.25) is 0 Å². The zero-order valence-electron chi connectivity index (χ0n) is 10.9. The third kappa shape index (κ3) is 3.22. The van der Waals surface area contributed by atoms with Crippen molar-refractivity contribution in [2.75, 3.05) is 6.54 Å². The van der Waals surface area contributed by atoms with Gasteiger partial charge in [-0.3, -0.25) is 9.59 Å². The topological polar surface area (TPSA) is 59.3 Å². The maximum atomic E-state index is 11.9. The largest absolute Gasteiger partial charge is 0.451 e. The van der Waals surface area contributed by atoms with E-state index in [0.717, 1.165) is 19.3 Å². The number of carbonyl (C=O) groups is 1. The number of amides is 1. The van der Waals surface area contributed by atoms with Gasteiger partial charge in [0.2, 0.25) is 0 Å². The molecule has 2 aromatic rings. The van der Waals surface area contributed by atoms with E-state index in [9.17, 15) is 9.59 Å². The van der Waals surface area contributed by atoms with Crippen molar-refractivity contribution in [1.29, 1.82) is 0 Å². The quantitative estimate of drug-likeness (QED) is 0.840. The van der Waals surface area contributed by atoms with Crippen LogP contribution in [-0.4, -0.2) is 12.5 Å². The number of benzene rings is 1. The fourth-order valence-corrected chi connectivity index (χ4v) is 1.88. The highest BCUT2D eigenvalue weighted by Crippen LogP contribution is 2.11. The molecule has 0 aliphatic rings. The van der Waals surface area contributed by atoms with E-state index >= 15 is 0 Å². The first-order chi connectivity index (χ1) is 9.22. The van der Waals surface area contributed by atoms with Crippen molar-refractivity contribution in [3.8, 4) is 0 Å². The first-order valence-electron chi connectivity index (χ1n) is 6.53. The SMILES string of the molecule is CCCCCNC(=O)c1cc(=O)c2ccccc2o1. The molecule has 0 unspecified atom stereocenters. The van der Waals surface area contributed by atoms with Crippen LogP contribution in [0.1, 0.15) is 36.7 Å². The highest BCUT2D eigenvalue weighted by Gasteiger charge is 2.11. The summed E-state index contributed by atoms with van der Waals surface area (Å²) >= 11 is 0. The van der Waals surface area contributed by atoms with Crippen molar-refractivity contribution in [3.05, 3.63) is 46.3 Å². The third-order valence-electron chi connectivity index (χ3n) is 2.92. The van der Waals surface area contributed by atoms with Crippen LogP contribution in [0, 0.1) is 0 Å². The summed E-state index contributed by atoms with van der Waals surface area (Å²) in [5.41, 5.74) is 0.245. The van der Waals surface area contributed by atoms with E-state index in [1.807, 2.05) is 0 Å². The Morgan fingerprint density at radius 3 is 2.84 bits per heavy atom.